The lowest BCUT2D eigenvalue weighted by Gasteiger charge is -2.10. The minimum atomic E-state index is 0.458. The van der Waals surface area contributed by atoms with Gasteiger partial charge >= 0.3 is 0 Å². The van der Waals surface area contributed by atoms with Crippen LogP contribution in [0.5, 0.6) is 0 Å². The molecule has 0 fully saturated rings. The van der Waals surface area contributed by atoms with Crippen LogP contribution in [-0.4, -0.2) is 14.5 Å². The van der Waals surface area contributed by atoms with Crippen LogP contribution >= 0.6 is 15.9 Å². The van der Waals surface area contributed by atoms with Crippen LogP contribution < -0.4 is 5.73 Å². The Hall–Kier alpha value is -1.88. The van der Waals surface area contributed by atoms with Crippen LogP contribution in [0.15, 0.2) is 28.9 Å². The van der Waals surface area contributed by atoms with Gasteiger partial charge in [0.1, 0.15) is 5.52 Å². The molecule has 0 aliphatic rings. The molecular formula is C15H15BrN4. The Kier molecular flexibility index (Phi) is 3.01. The minimum absolute atomic E-state index is 0.458. The number of rotatable bonds is 1. The van der Waals surface area contributed by atoms with Crippen molar-refractivity contribution in [2.45, 2.75) is 20.8 Å². The van der Waals surface area contributed by atoms with Crippen LogP contribution in [0.1, 0.15) is 16.7 Å². The first kappa shape index (κ1) is 13.1. The molecule has 0 saturated carbocycles. The summed E-state index contributed by atoms with van der Waals surface area (Å²) < 4.78 is 3.01. The number of nitrogen functional groups attached to an aromatic ring is 1. The Morgan fingerprint density at radius 1 is 1.10 bits per heavy atom. The SMILES string of the molecule is Cc1cnc2c(c1)nc(N)n2-c1cc(C)c(Br)c(C)c1. The second kappa shape index (κ2) is 4.59. The molecule has 5 heteroatoms. The molecule has 1 aromatic carbocycles. The van der Waals surface area contributed by atoms with Crippen molar-refractivity contribution >= 4 is 33.0 Å². The van der Waals surface area contributed by atoms with E-state index in [4.69, 9.17) is 5.73 Å². The molecule has 0 atom stereocenters. The fraction of sp³-hybridized carbons (Fsp3) is 0.200. The summed E-state index contributed by atoms with van der Waals surface area (Å²) >= 11 is 3.58. The highest BCUT2D eigenvalue weighted by molar-refractivity contribution is 9.10. The van der Waals surface area contributed by atoms with Gasteiger partial charge in [0, 0.05) is 10.7 Å². The summed E-state index contributed by atoms with van der Waals surface area (Å²) in [4.78, 5) is 8.87. The number of aryl methyl sites for hydroxylation is 3. The summed E-state index contributed by atoms with van der Waals surface area (Å²) in [7, 11) is 0. The molecule has 0 amide bonds. The lowest BCUT2D eigenvalue weighted by atomic mass is 10.1. The summed E-state index contributed by atoms with van der Waals surface area (Å²) in [5, 5.41) is 0. The van der Waals surface area contributed by atoms with E-state index in [0.29, 0.717) is 5.95 Å². The van der Waals surface area contributed by atoms with Crippen molar-refractivity contribution in [3.8, 4) is 5.69 Å². The van der Waals surface area contributed by atoms with Gasteiger partial charge in [-0.15, -0.1) is 0 Å². The molecule has 2 heterocycles. The molecule has 2 aromatic heterocycles. The minimum Gasteiger partial charge on any atom is -0.369 e. The molecule has 20 heavy (non-hydrogen) atoms. The first-order valence-electron chi connectivity index (χ1n) is 6.35. The Bertz CT molecular complexity index is 797. The highest BCUT2D eigenvalue weighted by Gasteiger charge is 2.13. The summed E-state index contributed by atoms with van der Waals surface area (Å²) in [5.41, 5.74) is 12.1. The van der Waals surface area contributed by atoms with E-state index in [0.717, 1.165) is 38.0 Å². The molecule has 0 spiro atoms. The first-order chi connectivity index (χ1) is 9.47. The maximum absolute atomic E-state index is 6.07. The van der Waals surface area contributed by atoms with E-state index in [9.17, 15) is 0 Å². The van der Waals surface area contributed by atoms with E-state index in [1.807, 2.05) is 23.8 Å². The smallest absolute Gasteiger partial charge is 0.207 e. The molecule has 0 unspecified atom stereocenters. The summed E-state index contributed by atoms with van der Waals surface area (Å²) in [6.45, 7) is 6.12. The van der Waals surface area contributed by atoms with Gasteiger partial charge in [0.15, 0.2) is 5.65 Å². The average molecular weight is 331 g/mol. The van der Waals surface area contributed by atoms with Crippen LogP contribution in [-0.2, 0) is 0 Å². The monoisotopic (exact) mass is 330 g/mol. The number of halogens is 1. The normalized spacial score (nSPS) is 11.2. The van der Waals surface area contributed by atoms with Gasteiger partial charge in [0.05, 0.1) is 5.69 Å². The molecule has 0 aliphatic heterocycles. The highest BCUT2D eigenvalue weighted by Crippen LogP contribution is 2.28. The van der Waals surface area contributed by atoms with Gasteiger partial charge in [-0.3, -0.25) is 4.57 Å². The third kappa shape index (κ3) is 1.98. The van der Waals surface area contributed by atoms with Crippen molar-refractivity contribution in [3.63, 3.8) is 0 Å². The lowest BCUT2D eigenvalue weighted by Crippen LogP contribution is -2.02. The van der Waals surface area contributed by atoms with Crippen LogP contribution in [0.2, 0.25) is 0 Å². The summed E-state index contributed by atoms with van der Waals surface area (Å²) in [5.74, 6) is 0.458. The number of nitrogens with two attached hydrogens (primary N) is 1. The zero-order valence-corrected chi connectivity index (χ0v) is 13.2. The van der Waals surface area contributed by atoms with Crippen LogP contribution in [0, 0.1) is 20.8 Å². The topological polar surface area (TPSA) is 56.7 Å². The molecule has 2 N–H and O–H groups in total. The van der Waals surface area contributed by atoms with Crippen LogP contribution in [0.4, 0.5) is 5.95 Å². The molecule has 4 nitrogen and oxygen atoms in total. The van der Waals surface area contributed by atoms with Gasteiger partial charge in [-0.2, -0.15) is 0 Å². The second-order valence-electron chi connectivity index (χ2n) is 5.05. The van der Waals surface area contributed by atoms with Gasteiger partial charge in [0.25, 0.3) is 0 Å². The lowest BCUT2D eigenvalue weighted by molar-refractivity contribution is 1.07. The predicted molar refractivity (Wildman–Crippen MR) is 85.2 cm³/mol. The van der Waals surface area contributed by atoms with Gasteiger partial charge in [-0.05, 0) is 55.7 Å². The molecule has 102 valence electrons. The first-order valence-corrected chi connectivity index (χ1v) is 7.14. The van der Waals surface area contributed by atoms with Crippen LogP contribution in [0.3, 0.4) is 0 Å². The van der Waals surface area contributed by atoms with Gasteiger partial charge in [0.2, 0.25) is 5.95 Å². The number of nitrogens with zero attached hydrogens (tertiary/aromatic N) is 3. The van der Waals surface area contributed by atoms with Crippen molar-refractivity contribution < 1.29 is 0 Å². The van der Waals surface area contributed by atoms with Gasteiger partial charge in [-0.1, -0.05) is 15.9 Å². The van der Waals surface area contributed by atoms with Crippen LogP contribution in [0.25, 0.3) is 16.9 Å². The van der Waals surface area contributed by atoms with E-state index in [1.54, 1.807) is 0 Å². The van der Waals surface area contributed by atoms with E-state index in [-0.39, 0.29) is 0 Å². The number of benzene rings is 1. The number of hydrogen-bond acceptors (Lipinski definition) is 3. The van der Waals surface area contributed by atoms with E-state index >= 15 is 0 Å². The predicted octanol–water partition coefficient (Wildman–Crippen LogP) is 3.69. The third-order valence-electron chi connectivity index (χ3n) is 3.34. The summed E-state index contributed by atoms with van der Waals surface area (Å²) in [6, 6.07) is 6.15. The van der Waals surface area contributed by atoms with Gasteiger partial charge < -0.3 is 5.73 Å². The van der Waals surface area contributed by atoms with Crippen molar-refractivity contribution in [3.05, 3.63) is 45.6 Å². The quantitative estimate of drug-likeness (QED) is 0.740. The van der Waals surface area contributed by atoms with Gasteiger partial charge in [-0.25, -0.2) is 9.97 Å². The number of aromatic nitrogens is 3. The van der Waals surface area contributed by atoms with Crippen molar-refractivity contribution in [2.24, 2.45) is 0 Å². The van der Waals surface area contributed by atoms with E-state index < -0.39 is 0 Å². The Morgan fingerprint density at radius 2 is 1.75 bits per heavy atom. The Morgan fingerprint density at radius 3 is 2.40 bits per heavy atom. The van der Waals surface area contributed by atoms with E-state index in [2.05, 4.69) is 51.9 Å². The summed E-state index contributed by atoms with van der Waals surface area (Å²) in [6.07, 6.45) is 1.83. The fourth-order valence-corrected chi connectivity index (χ4v) is 2.62. The Labute approximate surface area is 125 Å². The zero-order valence-electron chi connectivity index (χ0n) is 11.6. The standard InChI is InChI=1S/C15H15BrN4/c1-8-4-12-14(18-7-8)20(15(17)19-12)11-5-9(2)13(16)10(3)6-11/h4-7H,1-3H3,(H2,17,19). The number of anilines is 1. The molecular weight excluding hydrogens is 316 g/mol. The fourth-order valence-electron chi connectivity index (χ4n) is 2.39. The largest absolute Gasteiger partial charge is 0.369 e. The molecule has 0 aliphatic carbocycles. The molecule has 0 saturated heterocycles. The number of hydrogen-bond donors (Lipinski definition) is 1. The van der Waals surface area contributed by atoms with Crippen molar-refractivity contribution in [2.75, 3.05) is 5.73 Å². The molecule has 0 bridgehead atoms. The number of fused-ring (bicyclic) bond motifs is 1. The maximum atomic E-state index is 6.07. The van der Waals surface area contributed by atoms with Crippen molar-refractivity contribution in [1.29, 1.82) is 0 Å². The molecule has 3 rings (SSSR count). The molecule has 3 aromatic rings. The third-order valence-corrected chi connectivity index (χ3v) is 4.59. The van der Waals surface area contributed by atoms with Crippen molar-refractivity contribution in [1.82, 2.24) is 14.5 Å². The number of pyridine rings is 1. The molecule has 0 radical (unpaired) electrons. The Balaban J connectivity index is 2.32. The zero-order chi connectivity index (χ0) is 14.4. The average Bonchev–Trinajstić information content (AvgIpc) is 2.70. The second-order valence-corrected chi connectivity index (χ2v) is 5.85. The maximum Gasteiger partial charge on any atom is 0.207 e. The number of imidazole rings is 1. The van der Waals surface area contributed by atoms with E-state index in [1.165, 1.54) is 0 Å². The highest BCUT2D eigenvalue weighted by atomic mass is 79.9.